The minimum atomic E-state index is -0.230. The molecule has 0 radical (unpaired) electrons. The minimum absolute atomic E-state index is 0.230. The largest absolute Gasteiger partial charge is 0.393 e. The van der Waals surface area contributed by atoms with Crippen LogP contribution in [0.3, 0.4) is 0 Å². The Labute approximate surface area is 71.3 Å². The number of hydrogen-bond donors (Lipinski definition) is 1. The van der Waals surface area contributed by atoms with Crippen LogP contribution >= 0.6 is 15.9 Å². The summed E-state index contributed by atoms with van der Waals surface area (Å²) < 4.78 is 0.876. The zero-order chi connectivity index (χ0) is 8.15. The highest BCUT2D eigenvalue weighted by molar-refractivity contribution is 9.11. The number of aliphatic hydroxyl groups is 1. The summed E-state index contributed by atoms with van der Waals surface area (Å²) in [5.74, 6) is 0.557. The van der Waals surface area contributed by atoms with E-state index in [0.717, 1.165) is 10.9 Å². The van der Waals surface area contributed by atoms with Gasteiger partial charge in [-0.2, -0.15) is 0 Å². The van der Waals surface area contributed by atoms with Crippen LogP contribution in [-0.2, 0) is 0 Å². The fourth-order valence-corrected chi connectivity index (χ4v) is 1.26. The normalized spacial score (nSPS) is 13.7. The third kappa shape index (κ3) is 6.30. The topological polar surface area (TPSA) is 20.2 Å². The van der Waals surface area contributed by atoms with Gasteiger partial charge >= 0.3 is 0 Å². The molecule has 0 aromatic carbocycles. The van der Waals surface area contributed by atoms with E-state index in [1.54, 1.807) is 0 Å². The molecule has 0 bridgehead atoms. The Morgan fingerprint density at radius 3 is 2.40 bits per heavy atom. The molecular weight excluding hydrogens is 192 g/mol. The van der Waals surface area contributed by atoms with E-state index >= 15 is 0 Å². The summed E-state index contributed by atoms with van der Waals surface area (Å²) in [6.45, 7) is 7.85. The van der Waals surface area contributed by atoms with E-state index in [0.29, 0.717) is 12.3 Å². The van der Waals surface area contributed by atoms with Gasteiger partial charge in [0.2, 0.25) is 0 Å². The zero-order valence-electron chi connectivity index (χ0n) is 6.60. The minimum Gasteiger partial charge on any atom is -0.393 e. The van der Waals surface area contributed by atoms with E-state index in [-0.39, 0.29) is 6.10 Å². The Morgan fingerprint density at radius 2 is 2.10 bits per heavy atom. The van der Waals surface area contributed by atoms with E-state index in [2.05, 4.69) is 36.4 Å². The molecule has 0 aromatic heterocycles. The molecule has 0 aliphatic rings. The lowest BCUT2D eigenvalue weighted by Gasteiger charge is -2.11. The molecule has 0 fully saturated rings. The van der Waals surface area contributed by atoms with Gasteiger partial charge in [0.1, 0.15) is 0 Å². The Balaban J connectivity index is 3.43. The van der Waals surface area contributed by atoms with Gasteiger partial charge in [-0.15, -0.1) is 0 Å². The molecule has 0 unspecified atom stereocenters. The molecule has 0 spiro atoms. The molecule has 0 rings (SSSR count). The average Bonchev–Trinajstić information content (AvgIpc) is 1.58. The first-order valence-corrected chi connectivity index (χ1v) is 4.33. The van der Waals surface area contributed by atoms with Gasteiger partial charge in [-0.25, -0.2) is 0 Å². The molecule has 0 amide bonds. The van der Waals surface area contributed by atoms with Crippen LogP contribution in [0.5, 0.6) is 0 Å². The van der Waals surface area contributed by atoms with Crippen LogP contribution in [0.4, 0.5) is 0 Å². The van der Waals surface area contributed by atoms with Crippen LogP contribution in [0.25, 0.3) is 0 Å². The van der Waals surface area contributed by atoms with Crippen molar-refractivity contribution in [2.75, 3.05) is 0 Å². The van der Waals surface area contributed by atoms with Gasteiger partial charge in [0.05, 0.1) is 6.10 Å². The standard InChI is InChI=1S/C8H15BrO/c1-6(2)4-8(10)5-7(3)9/h6,8,10H,3-5H2,1-2H3/t8-/m0/s1. The van der Waals surface area contributed by atoms with Crippen molar-refractivity contribution >= 4 is 15.9 Å². The Bertz CT molecular complexity index is 110. The van der Waals surface area contributed by atoms with Crippen LogP contribution < -0.4 is 0 Å². The van der Waals surface area contributed by atoms with Crippen molar-refractivity contribution in [3.8, 4) is 0 Å². The number of rotatable bonds is 4. The third-order valence-electron chi connectivity index (χ3n) is 1.20. The molecule has 60 valence electrons. The Kier molecular flexibility index (Phi) is 5.00. The van der Waals surface area contributed by atoms with Crippen LogP contribution in [0, 0.1) is 5.92 Å². The third-order valence-corrected chi connectivity index (χ3v) is 1.52. The predicted molar refractivity (Wildman–Crippen MR) is 48.1 cm³/mol. The fourth-order valence-electron chi connectivity index (χ4n) is 0.883. The van der Waals surface area contributed by atoms with Gasteiger partial charge < -0.3 is 5.11 Å². The summed E-state index contributed by atoms with van der Waals surface area (Å²) in [6, 6.07) is 0. The zero-order valence-corrected chi connectivity index (χ0v) is 8.19. The number of aliphatic hydroxyl groups excluding tert-OH is 1. The van der Waals surface area contributed by atoms with E-state index in [1.165, 1.54) is 0 Å². The summed E-state index contributed by atoms with van der Waals surface area (Å²) in [5, 5.41) is 9.30. The molecular formula is C8H15BrO. The van der Waals surface area contributed by atoms with Crippen LogP contribution in [0.15, 0.2) is 11.1 Å². The van der Waals surface area contributed by atoms with Gasteiger partial charge in [0, 0.05) is 6.42 Å². The van der Waals surface area contributed by atoms with Crippen molar-refractivity contribution < 1.29 is 5.11 Å². The van der Waals surface area contributed by atoms with Crippen molar-refractivity contribution in [2.45, 2.75) is 32.8 Å². The van der Waals surface area contributed by atoms with Gasteiger partial charge in [0.25, 0.3) is 0 Å². The lowest BCUT2D eigenvalue weighted by molar-refractivity contribution is 0.151. The Hall–Kier alpha value is 0.180. The highest BCUT2D eigenvalue weighted by Crippen LogP contribution is 2.15. The second-order valence-corrected chi connectivity index (χ2v) is 4.13. The van der Waals surface area contributed by atoms with E-state index in [1.807, 2.05) is 0 Å². The van der Waals surface area contributed by atoms with Gasteiger partial charge in [0.15, 0.2) is 0 Å². The monoisotopic (exact) mass is 206 g/mol. The van der Waals surface area contributed by atoms with Crippen LogP contribution in [-0.4, -0.2) is 11.2 Å². The van der Waals surface area contributed by atoms with E-state index in [4.69, 9.17) is 0 Å². The summed E-state index contributed by atoms with van der Waals surface area (Å²) >= 11 is 3.21. The summed E-state index contributed by atoms with van der Waals surface area (Å²) in [7, 11) is 0. The smallest absolute Gasteiger partial charge is 0.0587 e. The summed E-state index contributed by atoms with van der Waals surface area (Å²) in [5.41, 5.74) is 0. The Morgan fingerprint density at radius 1 is 1.60 bits per heavy atom. The fraction of sp³-hybridized carbons (Fsp3) is 0.750. The molecule has 0 aliphatic carbocycles. The first-order valence-electron chi connectivity index (χ1n) is 3.53. The van der Waals surface area contributed by atoms with Crippen molar-refractivity contribution in [1.82, 2.24) is 0 Å². The lowest BCUT2D eigenvalue weighted by Crippen LogP contribution is -2.09. The molecule has 0 aliphatic heterocycles. The highest BCUT2D eigenvalue weighted by atomic mass is 79.9. The molecule has 0 aromatic rings. The molecule has 0 heterocycles. The number of halogens is 1. The maximum Gasteiger partial charge on any atom is 0.0587 e. The second-order valence-electron chi connectivity index (χ2n) is 3.00. The molecule has 1 N–H and O–H groups in total. The van der Waals surface area contributed by atoms with E-state index < -0.39 is 0 Å². The maximum atomic E-state index is 9.30. The van der Waals surface area contributed by atoms with Crippen molar-refractivity contribution in [3.63, 3.8) is 0 Å². The second kappa shape index (κ2) is 4.91. The maximum absolute atomic E-state index is 9.30. The first-order chi connectivity index (χ1) is 4.52. The molecule has 10 heavy (non-hydrogen) atoms. The summed E-state index contributed by atoms with van der Waals surface area (Å²) in [4.78, 5) is 0. The summed E-state index contributed by atoms with van der Waals surface area (Å²) in [6.07, 6.45) is 1.29. The molecule has 1 nitrogen and oxygen atoms in total. The van der Waals surface area contributed by atoms with Crippen LogP contribution in [0.2, 0.25) is 0 Å². The first kappa shape index (κ1) is 10.2. The van der Waals surface area contributed by atoms with E-state index in [9.17, 15) is 5.11 Å². The SMILES string of the molecule is C=C(Br)C[C@@H](O)CC(C)C. The molecule has 2 heteroatoms. The molecule has 0 saturated carbocycles. The van der Waals surface area contributed by atoms with Crippen LogP contribution in [0.1, 0.15) is 26.7 Å². The van der Waals surface area contributed by atoms with Crippen molar-refractivity contribution in [1.29, 1.82) is 0 Å². The molecule has 1 atom stereocenters. The average molecular weight is 207 g/mol. The lowest BCUT2D eigenvalue weighted by atomic mass is 10.0. The quantitative estimate of drug-likeness (QED) is 0.751. The molecule has 0 saturated heterocycles. The van der Waals surface area contributed by atoms with Crippen molar-refractivity contribution in [3.05, 3.63) is 11.1 Å². The van der Waals surface area contributed by atoms with Gasteiger partial charge in [-0.3, -0.25) is 0 Å². The predicted octanol–water partition coefficient (Wildman–Crippen LogP) is 2.69. The highest BCUT2D eigenvalue weighted by Gasteiger charge is 2.06. The van der Waals surface area contributed by atoms with Gasteiger partial charge in [-0.1, -0.05) is 36.4 Å². The van der Waals surface area contributed by atoms with Gasteiger partial charge in [-0.05, 0) is 16.8 Å². The number of hydrogen-bond acceptors (Lipinski definition) is 1. The van der Waals surface area contributed by atoms with Crippen molar-refractivity contribution in [2.24, 2.45) is 5.92 Å².